The summed E-state index contributed by atoms with van der Waals surface area (Å²) in [5.74, 6) is 0.489. The van der Waals surface area contributed by atoms with Crippen LogP contribution in [0.4, 0.5) is 11.6 Å². The predicted molar refractivity (Wildman–Crippen MR) is 65.1 cm³/mol. The van der Waals surface area contributed by atoms with Crippen molar-refractivity contribution < 1.29 is 0 Å². The van der Waals surface area contributed by atoms with Crippen LogP contribution in [-0.4, -0.2) is 9.97 Å². The molecule has 0 atom stereocenters. The van der Waals surface area contributed by atoms with E-state index < -0.39 is 0 Å². The summed E-state index contributed by atoms with van der Waals surface area (Å²) in [6, 6.07) is 9.63. The average molecular weight is 228 g/mol. The molecular weight excluding hydrogens is 216 g/mol. The van der Waals surface area contributed by atoms with Gasteiger partial charge in [-0.15, -0.1) is 0 Å². The molecule has 17 heavy (non-hydrogen) atoms. The molecule has 1 aliphatic heterocycles. The van der Waals surface area contributed by atoms with Gasteiger partial charge in [0.15, 0.2) is 0 Å². The van der Waals surface area contributed by atoms with E-state index in [1.54, 1.807) is 0 Å². The Morgan fingerprint density at radius 3 is 2.82 bits per heavy atom. The fourth-order valence-corrected chi connectivity index (χ4v) is 1.90. The molecule has 1 aliphatic rings. The topological polar surface area (TPSA) is 69.8 Å². The number of aromatic nitrogens is 2. The smallest absolute Gasteiger partial charge is 0.257 e. The van der Waals surface area contributed by atoms with Crippen molar-refractivity contribution in [1.29, 1.82) is 0 Å². The first kappa shape index (κ1) is 10.0. The van der Waals surface area contributed by atoms with Crippen molar-refractivity contribution in [2.45, 2.75) is 13.1 Å². The Bertz CT molecular complexity index is 591. The first-order chi connectivity index (χ1) is 8.33. The molecule has 0 unspecified atom stereocenters. The van der Waals surface area contributed by atoms with Gasteiger partial charge in [-0.3, -0.25) is 9.78 Å². The standard InChI is InChI=1S/C12H12N4O/c17-11-9-6-13-7-10(9)15-12(16-11)14-8-4-2-1-3-5-8/h1-5,13H,6-7H2,(H2,14,15,16,17). The molecule has 0 radical (unpaired) electrons. The van der Waals surface area contributed by atoms with Crippen molar-refractivity contribution in [2.24, 2.45) is 0 Å². The molecule has 0 spiro atoms. The highest BCUT2D eigenvalue weighted by Crippen LogP contribution is 2.14. The first-order valence-electron chi connectivity index (χ1n) is 5.48. The largest absolute Gasteiger partial charge is 0.326 e. The minimum Gasteiger partial charge on any atom is -0.326 e. The predicted octanol–water partition coefficient (Wildman–Crippen LogP) is 1.12. The van der Waals surface area contributed by atoms with Crippen molar-refractivity contribution in [3.05, 3.63) is 51.9 Å². The van der Waals surface area contributed by atoms with Crippen molar-refractivity contribution in [3.63, 3.8) is 0 Å². The third-order valence-electron chi connectivity index (χ3n) is 2.73. The maximum Gasteiger partial charge on any atom is 0.257 e. The van der Waals surface area contributed by atoms with Gasteiger partial charge in [0, 0.05) is 18.8 Å². The molecule has 0 aliphatic carbocycles. The lowest BCUT2D eigenvalue weighted by molar-refractivity contribution is 0.757. The summed E-state index contributed by atoms with van der Waals surface area (Å²) in [5.41, 5.74) is 2.40. The van der Waals surface area contributed by atoms with Gasteiger partial charge in [0.25, 0.3) is 5.56 Å². The average Bonchev–Trinajstić information content (AvgIpc) is 2.79. The number of rotatable bonds is 2. The van der Waals surface area contributed by atoms with Crippen LogP contribution in [0.1, 0.15) is 11.3 Å². The molecule has 2 aromatic rings. The third-order valence-corrected chi connectivity index (χ3v) is 2.73. The highest BCUT2D eigenvalue weighted by molar-refractivity contribution is 5.52. The van der Waals surface area contributed by atoms with Crippen LogP contribution in [0, 0.1) is 0 Å². The Labute approximate surface area is 97.9 Å². The fraction of sp³-hybridized carbons (Fsp3) is 0.167. The zero-order valence-electron chi connectivity index (χ0n) is 9.16. The van der Waals surface area contributed by atoms with Crippen molar-refractivity contribution >= 4 is 11.6 Å². The van der Waals surface area contributed by atoms with Gasteiger partial charge in [0.2, 0.25) is 5.95 Å². The zero-order valence-corrected chi connectivity index (χ0v) is 9.16. The quantitative estimate of drug-likeness (QED) is 0.720. The molecule has 1 aromatic carbocycles. The lowest BCUT2D eigenvalue weighted by Crippen LogP contribution is -2.16. The number of benzene rings is 1. The maximum absolute atomic E-state index is 11.7. The third kappa shape index (κ3) is 1.92. The molecule has 0 saturated carbocycles. The van der Waals surface area contributed by atoms with Gasteiger partial charge in [-0.25, -0.2) is 4.98 Å². The van der Waals surface area contributed by atoms with Crippen LogP contribution in [0.5, 0.6) is 0 Å². The molecule has 3 rings (SSSR count). The van der Waals surface area contributed by atoms with Gasteiger partial charge in [-0.1, -0.05) is 18.2 Å². The van der Waals surface area contributed by atoms with Gasteiger partial charge in [-0.05, 0) is 12.1 Å². The summed E-state index contributed by atoms with van der Waals surface area (Å²) >= 11 is 0. The Kier molecular flexibility index (Phi) is 2.38. The minimum absolute atomic E-state index is 0.0709. The molecule has 2 heterocycles. The van der Waals surface area contributed by atoms with Crippen molar-refractivity contribution in [3.8, 4) is 0 Å². The van der Waals surface area contributed by atoms with E-state index in [1.807, 2.05) is 30.3 Å². The van der Waals surface area contributed by atoms with Crippen LogP contribution in [0.25, 0.3) is 0 Å². The zero-order chi connectivity index (χ0) is 11.7. The highest BCUT2D eigenvalue weighted by atomic mass is 16.1. The van der Waals surface area contributed by atoms with E-state index >= 15 is 0 Å². The van der Waals surface area contributed by atoms with Gasteiger partial charge in [-0.2, -0.15) is 0 Å². The summed E-state index contributed by atoms with van der Waals surface area (Å²) < 4.78 is 0. The first-order valence-corrected chi connectivity index (χ1v) is 5.48. The number of nitrogens with zero attached hydrogens (tertiary/aromatic N) is 1. The number of aromatic amines is 1. The molecule has 0 fully saturated rings. The molecule has 0 saturated heterocycles. The number of hydrogen-bond acceptors (Lipinski definition) is 4. The van der Waals surface area contributed by atoms with E-state index in [0.29, 0.717) is 19.0 Å². The highest BCUT2D eigenvalue weighted by Gasteiger charge is 2.16. The molecule has 5 nitrogen and oxygen atoms in total. The van der Waals surface area contributed by atoms with Crippen molar-refractivity contribution in [2.75, 3.05) is 5.32 Å². The van der Waals surface area contributed by atoms with E-state index in [-0.39, 0.29) is 5.56 Å². The lowest BCUT2D eigenvalue weighted by Gasteiger charge is -2.06. The van der Waals surface area contributed by atoms with Crippen LogP contribution in [0.15, 0.2) is 35.1 Å². The van der Waals surface area contributed by atoms with E-state index in [0.717, 1.165) is 16.9 Å². The van der Waals surface area contributed by atoms with Crippen molar-refractivity contribution in [1.82, 2.24) is 15.3 Å². The Morgan fingerprint density at radius 1 is 1.18 bits per heavy atom. The Morgan fingerprint density at radius 2 is 2.00 bits per heavy atom. The number of para-hydroxylation sites is 1. The van der Waals surface area contributed by atoms with Crippen LogP contribution in [0.2, 0.25) is 0 Å². The molecule has 86 valence electrons. The normalized spacial score (nSPS) is 13.4. The molecule has 1 aromatic heterocycles. The summed E-state index contributed by atoms with van der Waals surface area (Å²) in [7, 11) is 0. The summed E-state index contributed by atoms with van der Waals surface area (Å²) in [4.78, 5) is 18.9. The SMILES string of the molecule is O=c1[nH]c(Nc2ccccc2)nc2c1CNC2. The summed E-state index contributed by atoms with van der Waals surface area (Å²) in [5, 5.41) is 6.19. The van der Waals surface area contributed by atoms with Gasteiger partial charge in [0.1, 0.15) is 0 Å². The molecule has 5 heteroatoms. The van der Waals surface area contributed by atoms with E-state index in [4.69, 9.17) is 0 Å². The minimum atomic E-state index is -0.0709. The van der Waals surface area contributed by atoms with Gasteiger partial charge < -0.3 is 10.6 Å². The second-order valence-electron chi connectivity index (χ2n) is 3.93. The van der Waals surface area contributed by atoms with E-state index in [2.05, 4.69) is 20.6 Å². The molecule has 0 bridgehead atoms. The molecular formula is C12H12N4O. The van der Waals surface area contributed by atoms with E-state index in [1.165, 1.54) is 0 Å². The van der Waals surface area contributed by atoms with Crippen LogP contribution in [0.3, 0.4) is 0 Å². The summed E-state index contributed by atoms with van der Waals surface area (Å²) in [6.45, 7) is 1.26. The fourth-order valence-electron chi connectivity index (χ4n) is 1.90. The maximum atomic E-state index is 11.7. The second-order valence-corrected chi connectivity index (χ2v) is 3.93. The monoisotopic (exact) mass is 228 g/mol. The number of hydrogen-bond donors (Lipinski definition) is 3. The van der Waals surface area contributed by atoms with Crippen LogP contribution in [-0.2, 0) is 13.1 Å². The number of fused-ring (bicyclic) bond motifs is 1. The van der Waals surface area contributed by atoms with Crippen LogP contribution >= 0.6 is 0 Å². The second kappa shape index (κ2) is 4.03. The van der Waals surface area contributed by atoms with Crippen LogP contribution < -0.4 is 16.2 Å². The number of anilines is 2. The Hall–Kier alpha value is -2.14. The van der Waals surface area contributed by atoms with E-state index in [9.17, 15) is 4.79 Å². The lowest BCUT2D eigenvalue weighted by atomic mass is 10.3. The van der Waals surface area contributed by atoms with Gasteiger partial charge in [0.05, 0.1) is 11.3 Å². The van der Waals surface area contributed by atoms with Gasteiger partial charge >= 0.3 is 0 Å². The number of nitrogens with one attached hydrogen (secondary N) is 3. The Balaban J connectivity index is 1.95. The summed E-state index contributed by atoms with van der Waals surface area (Å²) in [6.07, 6.45) is 0. The molecule has 3 N–H and O–H groups in total. The molecule has 0 amide bonds. The number of H-pyrrole nitrogens is 1.